The van der Waals surface area contributed by atoms with Crippen molar-refractivity contribution < 1.29 is 29.0 Å². The number of nitrogens with zero attached hydrogens (tertiary/aromatic N) is 3. The van der Waals surface area contributed by atoms with Gasteiger partial charge in [0.05, 0.1) is 37.8 Å². The summed E-state index contributed by atoms with van der Waals surface area (Å²) in [6.07, 6.45) is 2.68. The van der Waals surface area contributed by atoms with Crippen molar-refractivity contribution in [1.82, 2.24) is 4.57 Å². The Morgan fingerprint density at radius 3 is 2.79 bits per heavy atom. The molecule has 2 aromatic carbocycles. The van der Waals surface area contributed by atoms with E-state index in [1.165, 1.54) is 22.8 Å². The van der Waals surface area contributed by atoms with Crippen LogP contribution in [0.15, 0.2) is 55.9 Å². The van der Waals surface area contributed by atoms with Crippen LogP contribution in [0.5, 0.6) is 17.2 Å². The van der Waals surface area contributed by atoms with Crippen molar-refractivity contribution in [1.29, 1.82) is 0 Å². The van der Waals surface area contributed by atoms with E-state index in [9.17, 15) is 24.8 Å². The first-order valence-corrected chi connectivity index (χ1v) is 13.6. The van der Waals surface area contributed by atoms with Crippen molar-refractivity contribution in [3.05, 3.63) is 87.0 Å². The second kappa shape index (κ2) is 10.7. The van der Waals surface area contributed by atoms with E-state index in [2.05, 4.69) is 15.9 Å². The normalized spacial score (nSPS) is 16.2. The van der Waals surface area contributed by atoms with Gasteiger partial charge < -0.3 is 19.3 Å². The lowest BCUT2D eigenvalue weighted by molar-refractivity contribution is -0.386. The lowest BCUT2D eigenvalue weighted by Gasteiger charge is -2.25. The molecule has 0 aliphatic carbocycles. The molecule has 202 valence electrons. The molecule has 5 rings (SSSR count). The molecule has 0 saturated carbocycles. The maximum atomic E-state index is 13.9. The summed E-state index contributed by atoms with van der Waals surface area (Å²) in [5, 5.41) is 21.4. The Bertz CT molecular complexity index is 1730. The van der Waals surface area contributed by atoms with E-state index in [1.807, 2.05) is 6.92 Å². The average molecular weight is 616 g/mol. The number of carbonyl (C=O) groups excluding carboxylic acids is 1. The molecule has 13 heteroatoms. The van der Waals surface area contributed by atoms with Crippen LogP contribution < -0.4 is 24.4 Å². The number of allylic oxidation sites excluding steroid dienone is 1. The molecular weight excluding hydrogens is 594 g/mol. The van der Waals surface area contributed by atoms with Gasteiger partial charge in [-0.2, -0.15) is 0 Å². The summed E-state index contributed by atoms with van der Waals surface area (Å²) in [6, 6.07) is 7.04. The molecule has 0 radical (unpaired) electrons. The fraction of sp³-hybridized carbons (Fsp3) is 0.269. The molecule has 0 bridgehead atoms. The molecule has 3 heterocycles. The van der Waals surface area contributed by atoms with Crippen LogP contribution in [0.2, 0.25) is 0 Å². The third-order valence-electron chi connectivity index (χ3n) is 6.16. The van der Waals surface area contributed by atoms with E-state index in [0.717, 1.165) is 11.3 Å². The number of phenolic OH excluding ortho intramolecular Hbond substituents is 1. The van der Waals surface area contributed by atoms with Crippen LogP contribution >= 0.6 is 27.3 Å². The highest BCUT2D eigenvalue weighted by Gasteiger charge is 2.35. The number of benzene rings is 2. The number of carbonyl (C=O) groups is 1. The Labute approximate surface area is 233 Å². The van der Waals surface area contributed by atoms with Gasteiger partial charge in [-0.3, -0.25) is 19.5 Å². The van der Waals surface area contributed by atoms with Crippen molar-refractivity contribution >= 4 is 45.0 Å². The maximum absolute atomic E-state index is 13.9. The van der Waals surface area contributed by atoms with Crippen LogP contribution in [0.1, 0.15) is 43.9 Å². The lowest BCUT2D eigenvalue weighted by atomic mass is 9.94. The van der Waals surface area contributed by atoms with E-state index < -0.39 is 33.9 Å². The molecule has 0 spiro atoms. The highest BCUT2D eigenvalue weighted by Crippen LogP contribution is 2.39. The highest BCUT2D eigenvalue weighted by molar-refractivity contribution is 9.10. The Morgan fingerprint density at radius 2 is 2.08 bits per heavy atom. The fourth-order valence-corrected chi connectivity index (χ4v) is 5.99. The van der Waals surface area contributed by atoms with Gasteiger partial charge in [0.15, 0.2) is 16.3 Å². The third kappa shape index (κ3) is 4.83. The van der Waals surface area contributed by atoms with E-state index in [4.69, 9.17) is 19.2 Å². The van der Waals surface area contributed by atoms with Crippen molar-refractivity contribution in [2.45, 2.75) is 32.7 Å². The summed E-state index contributed by atoms with van der Waals surface area (Å²) in [5.41, 5.74) is 0.784. The number of thiazole rings is 1. The fourth-order valence-electron chi connectivity index (χ4n) is 4.50. The van der Waals surface area contributed by atoms with Crippen molar-refractivity contribution in [3.8, 4) is 17.2 Å². The first kappa shape index (κ1) is 26.6. The largest absolute Gasteiger partial charge is 0.501 e. The minimum Gasteiger partial charge on any atom is -0.501 e. The number of nitro groups is 1. The second-order valence-electron chi connectivity index (χ2n) is 8.65. The van der Waals surface area contributed by atoms with Crippen LogP contribution in [-0.4, -0.2) is 34.0 Å². The molecular formula is C26H22BrN3O8S. The Balaban J connectivity index is 1.76. The Kier molecular flexibility index (Phi) is 7.28. The molecule has 0 unspecified atom stereocenters. The number of fused-ring (bicyclic) bond motifs is 2. The van der Waals surface area contributed by atoms with E-state index in [0.29, 0.717) is 46.0 Å². The SMILES string of the molecule is CCCC1=C(C(=O)OCC)[C@H](c2ccc3c(c2)OCO3)n2c(s/c(=C\c3cc(Br)c(O)c([N+](=O)[O-])c3)c2=O)=N1. The first-order valence-electron chi connectivity index (χ1n) is 12.0. The van der Waals surface area contributed by atoms with Crippen molar-refractivity contribution in [3.63, 3.8) is 0 Å². The van der Waals surface area contributed by atoms with Gasteiger partial charge in [-0.1, -0.05) is 30.7 Å². The predicted molar refractivity (Wildman–Crippen MR) is 145 cm³/mol. The van der Waals surface area contributed by atoms with Crippen LogP contribution in [-0.2, 0) is 9.53 Å². The smallest absolute Gasteiger partial charge is 0.338 e. The summed E-state index contributed by atoms with van der Waals surface area (Å²) < 4.78 is 18.2. The zero-order valence-electron chi connectivity index (χ0n) is 20.8. The molecule has 0 saturated heterocycles. The standard InChI is InChI=1S/C26H22BrN3O8S/c1-3-5-16-21(25(33)36-4-2)22(14-6-7-18-19(11-14)38-12-37-18)29-24(32)20(39-26(29)28-16)10-13-8-15(27)23(31)17(9-13)30(34)35/h6-11,22,31H,3-5,12H2,1-2H3/b20-10-/t22-/m0/s1. The van der Waals surface area contributed by atoms with E-state index in [1.54, 1.807) is 25.1 Å². The van der Waals surface area contributed by atoms with Gasteiger partial charge in [0.2, 0.25) is 12.5 Å². The molecule has 1 N–H and O–H groups in total. The summed E-state index contributed by atoms with van der Waals surface area (Å²) in [4.78, 5) is 42.9. The van der Waals surface area contributed by atoms with Gasteiger partial charge in [-0.15, -0.1) is 0 Å². The minimum atomic E-state index is -0.848. The van der Waals surface area contributed by atoms with Gasteiger partial charge in [0.1, 0.15) is 0 Å². The lowest BCUT2D eigenvalue weighted by Crippen LogP contribution is -2.40. The van der Waals surface area contributed by atoms with Crippen LogP contribution in [0.4, 0.5) is 5.69 Å². The predicted octanol–water partition coefficient (Wildman–Crippen LogP) is 3.68. The zero-order chi connectivity index (χ0) is 27.8. The van der Waals surface area contributed by atoms with Gasteiger partial charge in [0.25, 0.3) is 5.56 Å². The number of halogens is 1. The molecule has 11 nitrogen and oxygen atoms in total. The number of phenols is 1. The van der Waals surface area contributed by atoms with Gasteiger partial charge in [0, 0.05) is 6.07 Å². The molecule has 0 amide bonds. The number of nitro benzene ring substituents is 1. The summed E-state index contributed by atoms with van der Waals surface area (Å²) in [7, 11) is 0. The molecule has 2 aliphatic heterocycles. The average Bonchev–Trinajstić information content (AvgIpc) is 3.49. The summed E-state index contributed by atoms with van der Waals surface area (Å²) in [6.45, 7) is 3.88. The number of rotatable bonds is 7. The van der Waals surface area contributed by atoms with Gasteiger partial charge >= 0.3 is 11.7 Å². The van der Waals surface area contributed by atoms with Crippen LogP contribution in [0, 0.1) is 10.1 Å². The van der Waals surface area contributed by atoms with E-state index >= 15 is 0 Å². The zero-order valence-corrected chi connectivity index (χ0v) is 23.2. The maximum Gasteiger partial charge on any atom is 0.338 e. The summed E-state index contributed by atoms with van der Waals surface area (Å²) >= 11 is 4.23. The van der Waals surface area contributed by atoms with Crippen molar-refractivity contribution in [2.75, 3.05) is 13.4 Å². The quantitative estimate of drug-likeness (QED) is 0.241. The molecule has 39 heavy (non-hydrogen) atoms. The Hall–Kier alpha value is -3.97. The molecule has 2 aliphatic rings. The number of hydrogen-bond donors (Lipinski definition) is 1. The second-order valence-corrected chi connectivity index (χ2v) is 10.5. The minimum absolute atomic E-state index is 0.0670. The number of esters is 1. The Morgan fingerprint density at radius 1 is 1.31 bits per heavy atom. The topological polar surface area (TPSA) is 142 Å². The van der Waals surface area contributed by atoms with Gasteiger partial charge in [-0.05, 0) is 64.7 Å². The number of aromatic nitrogens is 1. The van der Waals surface area contributed by atoms with Crippen LogP contribution in [0.25, 0.3) is 6.08 Å². The molecule has 1 atom stereocenters. The molecule has 0 fully saturated rings. The van der Waals surface area contributed by atoms with Crippen molar-refractivity contribution in [2.24, 2.45) is 4.99 Å². The number of hydrogen-bond acceptors (Lipinski definition) is 10. The first-order chi connectivity index (χ1) is 18.7. The third-order valence-corrected chi connectivity index (χ3v) is 7.75. The van der Waals surface area contributed by atoms with Crippen LogP contribution in [0.3, 0.4) is 0 Å². The number of aromatic hydroxyl groups is 1. The van der Waals surface area contributed by atoms with Gasteiger partial charge in [-0.25, -0.2) is 9.79 Å². The molecule has 3 aromatic rings. The molecule has 1 aromatic heterocycles. The number of ether oxygens (including phenoxy) is 3. The summed E-state index contributed by atoms with van der Waals surface area (Å²) in [5.74, 6) is -0.0290. The monoisotopic (exact) mass is 615 g/mol. The van der Waals surface area contributed by atoms with E-state index in [-0.39, 0.29) is 28.0 Å². The highest BCUT2D eigenvalue weighted by atomic mass is 79.9.